The molecule has 0 saturated heterocycles. The second kappa shape index (κ2) is 4.86. The maximum absolute atomic E-state index is 11.3. The predicted octanol–water partition coefficient (Wildman–Crippen LogP) is -0.556. The first-order valence-corrected chi connectivity index (χ1v) is 5.74. The number of sulfonamides is 1. The fraction of sp³-hybridized carbons (Fsp3) is 0.571. The molecule has 1 rings (SSSR count). The average Bonchev–Trinajstić information content (AvgIpc) is 2.69. The largest absolute Gasteiger partial charge is 0.340 e. The Morgan fingerprint density at radius 3 is 3.00 bits per heavy atom. The van der Waals surface area contributed by atoms with Crippen LogP contribution >= 0.6 is 0 Å². The van der Waals surface area contributed by atoms with E-state index in [4.69, 9.17) is 5.26 Å². The van der Waals surface area contributed by atoms with Gasteiger partial charge in [-0.25, -0.2) is 13.1 Å². The minimum absolute atomic E-state index is 0.135. The minimum Gasteiger partial charge on any atom is -0.340 e. The minimum atomic E-state index is -3.56. The molecule has 0 saturated carbocycles. The van der Waals surface area contributed by atoms with Gasteiger partial charge >= 0.3 is 0 Å². The van der Waals surface area contributed by atoms with E-state index in [0.717, 1.165) is 0 Å². The lowest BCUT2D eigenvalue weighted by atomic mass is 10.4. The van der Waals surface area contributed by atoms with Crippen molar-refractivity contribution in [3.8, 4) is 6.07 Å². The van der Waals surface area contributed by atoms with Crippen LogP contribution < -0.4 is 4.72 Å². The predicted molar refractivity (Wildman–Crippen MR) is 50.0 cm³/mol. The smallest absolute Gasteiger partial charge is 0.227 e. The zero-order chi connectivity index (χ0) is 11.3. The number of nitriles is 1. The number of aromatic nitrogens is 2. The van der Waals surface area contributed by atoms with Crippen LogP contribution in [0.4, 0.5) is 0 Å². The molecule has 0 fully saturated rings. The van der Waals surface area contributed by atoms with Crippen LogP contribution in [0.5, 0.6) is 0 Å². The summed E-state index contributed by atoms with van der Waals surface area (Å²) in [6.07, 6.45) is 1.54. The van der Waals surface area contributed by atoms with Crippen LogP contribution in [-0.4, -0.2) is 30.4 Å². The van der Waals surface area contributed by atoms with E-state index in [1.165, 1.54) is 13.3 Å². The van der Waals surface area contributed by atoms with Crippen molar-refractivity contribution in [3.05, 3.63) is 12.2 Å². The molecule has 0 amide bonds. The topological polar surface area (TPSA) is 109 Å². The molecule has 82 valence electrons. The first-order chi connectivity index (χ1) is 7.06. The summed E-state index contributed by atoms with van der Waals surface area (Å²) >= 11 is 0. The molecule has 15 heavy (non-hydrogen) atoms. The van der Waals surface area contributed by atoms with E-state index in [1.54, 1.807) is 6.07 Å². The molecule has 0 bridgehead atoms. The lowest BCUT2D eigenvalue weighted by Crippen LogP contribution is -2.33. The van der Waals surface area contributed by atoms with Gasteiger partial charge in [0.15, 0.2) is 11.6 Å². The summed E-state index contributed by atoms with van der Waals surface area (Å²) in [6.45, 7) is 1.45. The Morgan fingerprint density at radius 2 is 2.47 bits per heavy atom. The first kappa shape index (κ1) is 11.6. The summed E-state index contributed by atoms with van der Waals surface area (Å²) in [5.74, 6) is 0.349. The SMILES string of the molecule is CC(C#N)S(=O)(=O)NCCc1ncno1. The van der Waals surface area contributed by atoms with Crippen LogP contribution in [0.25, 0.3) is 0 Å². The molecule has 0 aliphatic carbocycles. The van der Waals surface area contributed by atoms with Gasteiger partial charge in [0, 0.05) is 13.0 Å². The van der Waals surface area contributed by atoms with E-state index < -0.39 is 15.3 Å². The third-order valence-corrected chi connectivity index (χ3v) is 3.34. The van der Waals surface area contributed by atoms with Crippen LogP contribution in [0.15, 0.2) is 10.9 Å². The maximum Gasteiger partial charge on any atom is 0.227 e. The summed E-state index contributed by atoms with van der Waals surface area (Å²) in [5, 5.41) is 10.7. The van der Waals surface area contributed by atoms with Gasteiger partial charge in [-0.15, -0.1) is 0 Å². The molecule has 1 unspecified atom stereocenters. The molecule has 1 aromatic rings. The molecule has 1 aromatic heterocycles. The number of nitrogens with zero attached hydrogens (tertiary/aromatic N) is 3. The molecule has 1 N–H and O–H groups in total. The monoisotopic (exact) mass is 230 g/mol. The van der Waals surface area contributed by atoms with Crippen LogP contribution in [0.1, 0.15) is 12.8 Å². The van der Waals surface area contributed by atoms with Gasteiger partial charge in [0.2, 0.25) is 15.9 Å². The fourth-order valence-electron chi connectivity index (χ4n) is 0.801. The van der Waals surface area contributed by atoms with E-state index in [2.05, 4.69) is 19.4 Å². The highest BCUT2D eigenvalue weighted by molar-refractivity contribution is 7.90. The van der Waals surface area contributed by atoms with Crippen molar-refractivity contribution < 1.29 is 12.9 Å². The van der Waals surface area contributed by atoms with Crippen molar-refractivity contribution in [1.29, 1.82) is 5.26 Å². The number of hydrogen-bond acceptors (Lipinski definition) is 6. The lowest BCUT2D eigenvalue weighted by Gasteiger charge is -2.05. The standard InChI is InChI=1S/C7H10N4O3S/c1-6(4-8)15(12,13)11-3-2-7-9-5-10-14-7/h5-6,11H,2-3H2,1H3. The maximum atomic E-state index is 11.3. The average molecular weight is 230 g/mol. The molecule has 8 heteroatoms. The quantitative estimate of drug-likeness (QED) is 0.726. The van der Waals surface area contributed by atoms with Crippen molar-refractivity contribution in [2.75, 3.05) is 6.54 Å². The Bertz CT molecular complexity index is 433. The molecule has 7 nitrogen and oxygen atoms in total. The molecule has 0 aliphatic heterocycles. The number of rotatable bonds is 5. The van der Waals surface area contributed by atoms with Gasteiger partial charge in [0.05, 0.1) is 6.07 Å². The van der Waals surface area contributed by atoms with Gasteiger partial charge in [0.1, 0.15) is 0 Å². The highest BCUT2D eigenvalue weighted by atomic mass is 32.2. The van der Waals surface area contributed by atoms with Crippen molar-refractivity contribution >= 4 is 10.0 Å². The van der Waals surface area contributed by atoms with Gasteiger partial charge < -0.3 is 4.52 Å². The van der Waals surface area contributed by atoms with Crippen LogP contribution in [0, 0.1) is 11.3 Å². The van der Waals surface area contributed by atoms with Crippen LogP contribution in [-0.2, 0) is 16.4 Å². The Hall–Kier alpha value is -1.46. The molecule has 0 radical (unpaired) electrons. The molecule has 1 atom stereocenters. The lowest BCUT2D eigenvalue weighted by molar-refractivity contribution is 0.377. The zero-order valence-corrected chi connectivity index (χ0v) is 8.86. The van der Waals surface area contributed by atoms with Crippen molar-refractivity contribution in [2.24, 2.45) is 0 Å². The van der Waals surface area contributed by atoms with Crippen molar-refractivity contribution in [3.63, 3.8) is 0 Å². The second-order valence-electron chi connectivity index (χ2n) is 2.80. The third kappa shape index (κ3) is 3.30. The van der Waals surface area contributed by atoms with Gasteiger partial charge in [-0.05, 0) is 6.92 Å². The normalized spacial score (nSPS) is 13.3. The van der Waals surface area contributed by atoms with Gasteiger partial charge in [-0.2, -0.15) is 10.2 Å². The van der Waals surface area contributed by atoms with Gasteiger partial charge in [0.25, 0.3) is 0 Å². The highest BCUT2D eigenvalue weighted by Crippen LogP contribution is 1.97. The number of nitrogens with one attached hydrogen (secondary N) is 1. The van der Waals surface area contributed by atoms with Gasteiger partial charge in [-0.3, -0.25) is 0 Å². The zero-order valence-electron chi connectivity index (χ0n) is 8.04. The summed E-state index contributed by atoms with van der Waals surface area (Å²) in [4.78, 5) is 3.72. The van der Waals surface area contributed by atoms with Crippen LogP contribution in [0.3, 0.4) is 0 Å². The number of hydrogen-bond donors (Lipinski definition) is 1. The Morgan fingerprint density at radius 1 is 1.73 bits per heavy atom. The van der Waals surface area contributed by atoms with Gasteiger partial charge in [-0.1, -0.05) is 5.16 Å². The Kier molecular flexibility index (Phi) is 3.76. The highest BCUT2D eigenvalue weighted by Gasteiger charge is 2.19. The molecule has 0 aromatic carbocycles. The Balaban J connectivity index is 2.42. The summed E-state index contributed by atoms with van der Waals surface area (Å²) in [6, 6.07) is 1.65. The van der Waals surface area contributed by atoms with Crippen LogP contribution in [0.2, 0.25) is 0 Å². The Labute approximate surface area is 87.1 Å². The third-order valence-electron chi connectivity index (χ3n) is 1.70. The molecular formula is C7H10N4O3S. The summed E-state index contributed by atoms with van der Waals surface area (Å²) in [7, 11) is -3.56. The summed E-state index contributed by atoms with van der Waals surface area (Å²) in [5.41, 5.74) is 0. The summed E-state index contributed by atoms with van der Waals surface area (Å²) < 4.78 is 29.5. The first-order valence-electron chi connectivity index (χ1n) is 4.20. The fourth-order valence-corrected chi connectivity index (χ4v) is 1.58. The second-order valence-corrected chi connectivity index (χ2v) is 4.88. The molecule has 0 aliphatic rings. The molecule has 0 spiro atoms. The van der Waals surface area contributed by atoms with E-state index in [1.807, 2.05) is 0 Å². The van der Waals surface area contributed by atoms with E-state index in [0.29, 0.717) is 12.3 Å². The van der Waals surface area contributed by atoms with E-state index in [9.17, 15) is 8.42 Å². The molecule has 1 heterocycles. The van der Waals surface area contributed by atoms with Crippen molar-refractivity contribution in [2.45, 2.75) is 18.6 Å². The van der Waals surface area contributed by atoms with E-state index in [-0.39, 0.29) is 6.54 Å². The van der Waals surface area contributed by atoms with Crippen molar-refractivity contribution in [1.82, 2.24) is 14.9 Å². The van der Waals surface area contributed by atoms with E-state index >= 15 is 0 Å². The molecular weight excluding hydrogens is 220 g/mol.